The van der Waals surface area contributed by atoms with Crippen molar-refractivity contribution in [1.29, 1.82) is 0 Å². The molecule has 0 fully saturated rings. The molecule has 0 amide bonds. The number of nitrogens with zero attached hydrogens (tertiary/aromatic N) is 2. The predicted octanol–water partition coefficient (Wildman–Crippen LogP) is 0.252. The van der Waals surface area contributed by atoms with Crippen LogP contribution in [0.25, 0.3) is 0 Å². The van der Waals surface area contributed by atoms with Crippen molar-refractivity contribution in [2.75, 3.05) is 11.0 Å². The van der Waals surface area contributed by atoms with Crippen LogP contribution in [0.4, 0.5) is 5.69 Å². The maximum atomic E-state index is 11.9. The van der Waals surface area contributed by atoms with Gasteiger partial charge >= 0.3 is 0 Å². The van der Waals surface area contributed by atoms with Crippen molar-refractivity contribution >= 4 is 15.7 Å². The van der Waals surface area contributed by atoms with Gasteiger partial charge in [0.15, 0.2) is 0 Å². The van der Waals surface area contributed by atoms with Gasteiger partial charge in [-0.15, -0.1) is 0 Å². The van der Waals surface area contributed by atoms with Crippen LogP contribution < -0.4 is 10.3 Å². The first-order valence-electron chi connectivity index (χ1n) is 4.82. The maximum absolute atomic E-state index is 11.9. The monoisotopic (exact) mass is 245 g/mol. The topological polar surface area (TPSA) is 81.1 Å². The van der Waals surface area contributed by atoms with Gasteiger partial charge in [0, 0.05) is 6.54 Å². The lowest BCUT2D eigenvalue weighted by Crippen LogP contribution is -2.29. The molecule has 0 aromatic carbocycles. The molecule has 0 aliphatic carbocycles. The molecule has 90 valence electrons. The van der Waals surface area contributed by atoms with Gasteiger partial charge in [-0.3, -0.25) is 14.1 Å². The normalized spacial score (nSPS) is 11.5. The molecule has 1 aromatic rings. The third-order valence-electron chi connectivity index (χ3n) is 2.14. The first-order chi connectivity index (χ1) is 7.26. The van der Waals surface area contributed by atoms with Crippen molar-refractivity contribution in [1.82, 2.24) is 9.55 Å². The number of sulfonamides is 1. The van der Waals surface area contributed by atoms with E-state index in [4.69, 9.17) is 0 Å². The molecule has 0 saturated heterocycles. The van der Waals surface area contributed by atoms with Gasteiger partial charge in [0.05, 0.1) is 11.9 Å². The Morgan fingerprint density at radius 3 is 2.38 bits per heavy atom. The second kappa shape index (κ2) is 4.25. The van der Waals surface area contributed by atoms with E-state index in [0.717, 1.165) is 6.26 Å². The molecule has 0 aliphatic heterocycles. The second-order valence-electron chi connectivity index (χ2n) is 3.54. The lowest BCUT2D eigenvalue weighted by atomic mass is 10.3. The molecular weight excluding hydrogens is 230 g/mol. The zero-order chi connectivity index (χ0) is 12.5. The number of aromatic nitrogens is 2. The van der Waals surface area contributed by atoms with Crippen LogP contribution in [0.3, 0.4) is 0 Å². The fourth-order valence-corrected chi connectivity index (χ4v) is 2.08. The zero-order valence-electron chi connectivity index (χ0n) is 9.73. The molecule has 6 nitrogen and oxygen atoms in total. The Morgan fingerprint density at radius 2 is 1.94 bits per heavy atom. The summed E-state index contributed by atoms with van der Waals surface area (Å²) in [5.41, 5.74) is 0.0468. The van der Waals surface area contributed by atoms with Gasteiger partial charge in [-0.25, -0.2) is 13.4 Å². The Hall–Kier alpha value is -1.37. The van der Waals surface area contributed by atoms with Crippen LogP contribution in [-0.2, 0) is 16.6 Å². The van der Waals surface area contributed by atoms with Crippen LogP contribution in [0, 0.1) is 13.8 Å². The highest BCUT2D eigenvalue weighted by Gasteiger charge is 2.13. The van der Waals surface area contributed by atoms with Crippen molar-refractivity contribution in [2.24, 2.45) is 0 Å². The summed E-state index contributed by atoms with van der Waals surface area (Å²) in [6.45, 7) is 5.57. The van der Waals surface area contributed by atoms with Crippen molar-refractivity contribution in [2.45, 2.75) is 27.3 Å². The van der Waals surface area contributed by atoms with Crippen LogP contribution in [-0.4, -0.2) is 24.2 Å². The van der Waals surface area contributed by atoms with Gasteiger partial charge in [0.25, 0.3) is 5.56 Å². The summed E-state index contributed by atoms with van der Waals surface area (Å²) in [5, 5.41) is 0. The van der Waals surface area contributed by atoms with E-state index in [2.05, 4.69) is 9.71 Å². The summed E-state index contributed by atoms with van der Waals surface area (Å²) < 4.78 is 25.8. The molecular formula is C9H15N3O3S. The van der Waals surface area contributed by atoms with Crippen LogP contribution in [0.2, 0.25) is 0 Å². The van der Waals surface area contributed by atoms with Crippen molar-refractivity contribution < 1.29 is 8.42 Å². The molecule has 0 bridgehead atoms. The van der Waals surface area contributed by atoms with Crippen LogP contribution >= 0.6 is 0 Å². The van der Waals surface area contributed by atoms with Crippen LogP contribution in [0.15, 0.2) is 4.79 Å². The molecule has 0 spiro atoms. The molecule has 0 atom stereocenters. The predicted molar refractivity (Wildman–Crippen MR) is 62.1 cm³/mol. The summed E-state index contributed by atoms with van der Waals surface area (Å²) in [6, 6.07) is 0. The summed E-state index contributed by atoms with van der Waals surface area (Å²) >= 11 is 0. The Labute approximate surface area is 94.4 Å². The summed E-state index contributed by atoms with van der Waals surface area (Å²) in [7, 11) is -3.46. The molecule has 1 heterocycles. The molecule has 0 unspecified atom stereocenters. The molecule has 1 aromatic heterocycles. The van der Waals surface area contributed by atoms with Gasteiger partial charge in [-0.05, 0) is 20.8 Å². The Kier molecular flexibility index (Phi) is 3.37. The minimum atomic E-state index is -3.46. The van der Waals surface area contributed by atoms with E-state index in [0.29, 0.717) is 18.1 Å². The van der Waals surface area contributed by atoms with E-state index in [-0.39, 0.29) is 11.2 Å². The quantitative estimate of drug-likeness (QED) is 0.827. The number of hydrogen-bond acceptors (Lipinski definition) is 4. The SMILES string of the molecule is CCn1c(C)nc(C)c(NS(C)(=O)=O)c1=O. The second-order valence-corrected chi connectivity index (χ2v) is 5.29. The average Bonchev–Trinajstić information content (AvgIpc) is 2.11. The molecule has 1 N–H and O–H groups in total. The lowest BCUT2D eigenvalue weighted by molar-refractivity contribution is 0.606. The number of rotatable bonds is 3. The minimum Gasteiger partial charge on any atom is -0.295 e. The highest BCUT2D eigenvalue weighted by molar-refractivity contribution is 7.92. The zero-order valence-corrected chi connectivity index (χ0v) is 10.6. The van der Waals surface area contributed by atoms with E-state index in [1.54, 1.807) is 20.8 Å². The third-order valence-corrected chi connectivity index (χ3v) is 2.72. The Bertz CT molecular complexity index is 560. The Balaban J connectivity index is 3.46. The molecule has 1 rings (SSSR count). The van der Waals surface area contributed by atoms with Gasteiger partial charge < -0.3 is 0 Å². The van der Waals surface area contributed by atoms with Crippen molar-refractivity contribution in [3.63, 3.8) is 0 Å². The summed E-state index contributed by atoms with van der Waals surface area (Å²) in [4.78, 5) is 16.0. The molecule has 0 saturated carbocycles. The number of aryl methyl sites for hydroxylation is 2. The van der Waals surface area contributed by atoms with E-state index >= 15 is 0 Å². The third kappa shape index (κ3) is 2.60. The van der Waals surface area contributed by atoms with Crippen molar-refractivity contribution in [3.8, 4) is 0 Å². The van der Waals surface area contributed by atoms with Gasteiger partial charge in [0.2, 0.25) is 10.0 Å². The van der Waals surface area contributed by atoms with Crippen molar-refractivity contribution in [3.05, 3.63) is 21.9 Å². The highest BCUT2D eigenvalue weighted by Crippen LogP contribution is 2.08. The van der Waals surface area contributed by atoms with Gasteiger partial charge in [0.1, 0.15) is 11.5 Å². The smallest absolute Gasteiger partial charge is 0.278 e. The van der Waals surface area contributed by atoms with Gasteiger partial charge in [-0.1, -0.05) is 0 Å². The average molecular weight is 245 g/mol. The van der Waals surface area contributed by atoms with E-state index in [1.165, 1.54) is 4.57 Å². The maximum Gasteiger partial charge on any atom is 0.278 e. The Morgan fingerprint density at radius 1 is 1.38 bits per heavy atom. The van der Waals surface area contributed by atoms with E-state index in [1.807, 2.05) is 0 Å². The number of nitrogens with one attached hydrogen (secondary N) is 1. The fraction of sp³-hybridized carbons (Fsp3) is 0.556. The molecule has 0 aliphatic rings. The first-order valence-corrected chi connectivity index (χ1v) is 6.71. The molecule has 7 heteroatoms. The molecule has 0 radical (unpaired) electrons. The first kappa shape index (κ1) is 12.7. The molecule has 16 heavy (non-hydrogen) atoms. The summed E-state index contributed by atoms with van der Waals surface area (Å²) in [6.07, 6.45) is 1.00. The van der Waals surface area contributed by atoms with Crippen LogP contribution in [0.1, 0.15) is 18.4 Å². The van der Waals surface area contributed by atoms with Gasteiger partial charge in [-0.2, -0.15) is 0 Å². The number of anilines is 1. The number of hydrogen-bond donors (Lipinski definition) is 1. The van der Waals surface area contributed by atoms with E-state index < -0.39 is 10.0 Å². The van der Waals surface area contributed by atoms with E-state index in [9.17, 15) is 13.2 Å². The standard InChI is InChI=1S/C9H15N3O3S/c1-5-12-7(3)10-6(2)8(9(12)13)11-16(4,14)15/h11H,5H2,1-4H3. The van der Waals surface area contributed by atoms with Crippen LogP contribution in [0.5, 0.6) is 0 Å². The summed E-state index contributed by atoms with van der Waals surface area (Å²) in [5.74, 6) is 0.573. The highest BCUT2D eigenvalue weighted by atomic mass is 32.2. The lowest BCUT2D eigenvalue weighted by Gasteiger charge is -2.12. The fourth-order valence-electron chi connectivity index (χ4n) is 1.47. The largest absolute Gasteiger partial charge is 0.295 e. The minimum absolute atomic E-state index is 0.0231.